The molecular weight excluding hydrogens is 314 g/mol. The molecule has 20 heavy (non-hydrogen) atoms. The molecular formula is C16H16BrN3. The zero-order chi connectivity index (χ0) is 13.9. The fourth-order valence-corrected chi connectivity index (χ4v) is 2.77. The van der Waals surface area contributed by atoms with E-state index in [2.05, 4.69) is 75.7 Å². The van der Waals surface area contributed by atoms with E-state index in [4.69, 9.17) is 0 Å². The summed E-state index contributed by atoms with van der Waals surface area (Å²) in [6, 6.07) is 14.6. The minimum atomic E-state index is 0.804. The molecule has 0 aliphatic carbocycles. The summed E-state index contributed by atoms with van der Waals surface area (Å²) >= 11 is 3.60. The van der Waals surface area contributed by atoms with E-state index < -0.39 is 0 Å². The van der Waals surface area contributed by atoms with Crippen molar-refractivity contribution in [1.29, 1.82) is 0 Å². The van der Waals surface area contributed by atoms with Gasteiger partial charge in [-0.15, -0.1) is 0 Å². The predicted molar refractivity (Wildman–Crippen MR) is 86.2 cm³/mol. The normalized spacial score (nSPS) is 11.1. The van der Waals surface area contributed by atoms with E-state index in [1.165, 1.54) is 10.8 Å². The first kappa shape index (κ1) is 13.3. The molecule has 0 fully saturated rings. The van der Waals surface area contributed by atoms with Gasteiger partial charge >= 0.3 is 0 Å². The Bertz CT molecular complexity index is 733. The van der Waals surface area contributed by atoms with Crippen LogP contribution in [0.3, 0.4) is 0 Å². The van der Waals surface area contributed by atoms with Gasteiger partial charge in [0.15, 0.2) is 0 Å². The zero-order valence-electron chi connectivity index (χ0n) is 11.3. The van der Waals surface area contributed by atoms with Crippen LogP contribution in [0, 0.1) is 0 Å². The number of hydrogen-bond donors (Lipinski definition) is 1. The molecule has 2 aromatic carbocycles. The molecule has 0 amide bonds. The number of fused-ring (bicyclic) bond motifs is 1. The van der Waals surface area contributed by atoms with Crippen molar-refractivity contribution in [2.24, 2.45) is 0 Å². The number of benzene rings is 2. The molecule has 1 N–H and O–H groups in total. The molecule has 0 radical (unpaired) electrons. The molecule has 0 saturated carbocycles. The van der Waals surface area contributed by atoms with Gasteiger partial charge in [0.1, 0.15) is 0 Å². The smallest absolute Gasteiger partial charge is 0.0766 e. The summed E-state index contributed by atoms with van der Waals surface area (Å²) in [6.07, 6.45) is 2.02. The van der Waals surface area contributed by atoms with Crippen LogP contribution < -0.4 is 5.32 Å². The Balaban J connectivity index is 2.06. The van der Waals surface area contributed by atoms with Crippen molar-refractivity contribution in [3.8, 4) is 5.69 Å². The third kappa shape index (κ3) is 2.49. The Morgan fingerprint density at radius 2 is 1.90 bits per heavy atom. The van der Waals surface area contributed by atoms with Crippen LogP contribution in [0.25, 0.3) is 16.5 Å². The molecule has 0 unspecified atom stereocenters. The van der Waals surface area contributed by atoms with E-state index in [-0.39, 0.29) is 0 Å². The molecule has 3 rings (SSSR count). The molecule has 0 aliphatic heterocycles. The Kier molecular flexibility index (Phi) is 3.85. The summed E-state index contributed by atoms with van der Waals surface area (Å²) in [6.45, 7) is 3.85. The minimum absolute atomic E-state index is 0.804. The maximum absolute atomic E-state index is 4.64. The number of halogens is 1. The third-order valence-electron chi connectivity index (χ3n) is 3.30. The SMILES string of the molecule is CCNCc1ccn(-c2ccc(Br)c3ccccc23)n1. The molecule has 3 aromatic rings. The molecule has 4 heteroatoms. The first-order valence-corrected chi connectivity index (χ1v) is 7.52. The van der Waals surface area contributed by atoms with Gasteiger partial charge < -0.3 is 5.32 Å². The number of hydrogen-bond acceptors (Lipinski definition) is 2. The van der Waals surface area contributed by atoms with Gasteiger partial charge in [-0.05, 0) is 30.1 Å². The van der Waals surface area contributed by atoms with Crippen LogP contribution in [0.4, 0.5) is 0 Å². The summed E-state index contributed by atoms with van der Waals surface area (Å²) in [5.41, 5.74) is 2.16. The highest BCUT2D eigenvalue weighted by atomic mass is 79.9. The van der Waals surface area contributed by atoms with Crippen LogP contribution in [0.1, 0.15) is 12.6 Å². The summed E-state index contributed by atoms with van der Waals surface area (Å²) in [4.78, 5) is 0. The second-order valence-electron chi connectivity index (χ2n) is 4.64. The second-order valence-corrected chi connectivity index (χ2v) is 5.50. The van der Waals surface area contributed by atoms with Crippen LogP contribution in [0.5, 0.6) is 0 Å². The van der Waals surface area contributed by atoms with E-state index in [0.29, 0.717) is 0 Å². The zero-order valence-corrected chi connectivity index (χ0v) is 12.9. The lowest BCUT2D eigenvalue weighted by Crippen LogP contribution is -2.12. The number of aromatic nitrogens is 2. The minimum Gasteiger partial charge on any atom is -0.311 e. The van der Waals surface area contributed by atoms with Crippen molar-refractivity contribution in [2.75, 3.05) is 6.54 Å². The monoisotopic (exact) mass is 329 g/mol. The highest BCUT2D eigenvalue weighted by Crippen LogP contribution is 2.28. The maximum Gasteiger partial charge on any atom is 0.0766 e. The molecule has 102 valence electrons. The Morgan fingerprint density at radius 3 is 2.70 bits per heavy atom. The van der Waals surface area contributed by atoms with Crippen molar-refractivity contribution in [3.63, 3.8) is 0 Å². The van der Waals surface area contributed by atoms with Gasteiger partial charge in [-0.2, -0.15) is 5.10 Å². The summed E-state index contributed by atoms with van der Waals surface area (Å²) < 4.78 is 3.05. The van der Waals surface area contributed by atoms with Crippen LogP contribution in [-0.2, 0) is 6.54 Å². The van der Waals surface area contributed by atoms with Crippen LogP contribution in [-0.4, -0.2) is 16.3 Å². The molecule has 0 atom stereocenters. The average molecular weight is 330 g/mol. The Morgan fingerprint density at radius 1 is 1.10 bits per heavy atom. The molecule has 3 nitrogen and oxygen atoms in total. The molecule has 1 aromatic heterocycles. The fourth-order valence-electron chi connectivity index (χ4n) is 2.29. The highest BCUT2D eigenvalue weighted by molar-refractivity contribution is 9.10. The Labute approximate surface area is 126 Å². The lowest BCUT2D eigenvalue weighted by molar-refractivity contribution is 0.697. The fraction of sp³-hybridized carbons (Fsp3) is 0.188. The van der Waals surface area contributed by atoms with E-state index in [0.717, 1.165) is 28.9 Å². The maximum atomic E-state index is 4.64. The van der Waals surface area contributed by atoms with E-state index in [1.54, 1.807) is 0 Å². The van der Waals surface area contributed by atoms with E-state index >= 15 is 0 Å². The largest absolute Gasteiger partial charge is 0.311 e. The molecule has 0 aliphatic rings. The molecule has 0 saturated heterocycles. The van der Waals surface area contributed by atoms with Crippen molar-refractivity contribution >= 4 is 26.7 Å². The van der Waals surface area contributed by atoms with Gasteiger partial charge in [0.2, 0.25) is 0 Å². The Hall–Kier alpha value is -1.65. The van der Waals surface area contributed by atoms with Crippen molar-refractivity contribution in [1.82, 2.24) is 15.1 Å². The lowest BCUT2D eigenvalue weighted by Gasteiger charge is -2.08. The van der Waals surface area contributed by atoms with Gasteiger partial charge in [-0.25, -0.2) is 4.68 Å². The van der Waals surface area contributed by atoms with Crippen LogP contribution in [0.2, 0.25) is 0 Å². The van der Waals surface area contributed by atoms with E-state index in [9.17, 15) is 0 Å². The molecule has 1 heterocycles. The van der Waals surface area contributed by atoms with Crippen LogP contribution >= 0.6 is 15.9 Å². The first-order valence-electron chi connectivity index (χ1n) is 6.72. The molecule has 0 bridgehead atoms. The molecule has 0 spiro atoms. The standard InChI is InChI=1S/C16H16BrN3/c1-2-18-11-12-9-10-20(19-12)16-8-7-15(17)13-5-3-4-6-14(13)16/h3-10,18H,2,11H2,1H3. The van der Waals surface area contributed by atoms with Crippen molar-refractivity contribution in [3.05, 3.63) is 58.8 Å². The summed E-state index contributed by atoms with van der Waals surface area (Å²) in [5.74, 6) is 0. The number of nitrogens with one attached hydrogen (secondary N) is 1. The number of rotatable bonds is 4. The number of nitrogens with zero attached hydrogens (tertiary/aromatic N) is 2. The van der Waals surface area contributed by atoms with Crippen LogP contribution in [0.15, 0.2) is 53.1 Å². The first-order chi connectivity index (χ1) is 9.79. The third-order valence-corrected chi connectivity index (χ3v) is 3.99. The highest BCUT2D eigenvalue weighted by Gasteiger charge is 2.07. The second kappa shape index (κ2) is 5.77. The topological polar surface area (TPSA) is 29.9 Å². The lowest BCUT2D eigenvalue weighted by atomic mass is 10.1. The van der Waals surface area contributed by atoms with Gasteiger partial charge in [-0.3, -0.25) is 0 Å². The quantitative estimate of drug-likeness (QED) is 0.786. The summed E-state index contributed by atoms with van der Waals surface area (Å²) in [7, 11) is 0. The van der Waals surface area contributed by atoms with Gasteiger partial charge in [0.05, 0.1) is 11.4 Å². The van der Waals surface area contributed by atoms with Gasteiger partial charge in [0, 0.05) is 22.6 Å². The van der Waals surface area contributed by atoms with Gasteiger partial charge in [0.25, 0.3) is 0 Å². The predicted octanol–water partition coefficient (Wildman–Crippen LogP) is 3.90. The van der Waals surface area contributed by atoms with E-state index in [1.807, 2.05) is 10.9 Å². The van der Waals surface area contributed by atoms with Gasteiger partial charge in [-0.1, -0.05) is 47.1 Å². The average Bonchev–Trinajstić information content (AvgIpc) is 2.94. The van der Waals surface area contributed by atoms with Crippen molar-refractivity contribution in [2.45, 2.75) is 13.5 Å². The van der Waals surface area contributed by atoms with Crippen molar-refractivity contribution < 1.29 is 0 Å². The summed E-state index contributed by atoms with van der Waals surface area (Å²) in [5, 5.41) is 10.3.